The summed E-state index contributed by atoms with van der Waals surface area (Å²) in [5, 5.41) is 9.87. The van der Waals surface area contributed by atoms with Crippen molar-refractivity contribution in [2.75, 3.05) is 0 Å². The van der Waals surface area contributed by atoms with Crippen molar-refractivity contribution in [3.05, 3.63) is 59.6 Å². The molecular formula is C15H12FN3O2. The van der Waals surface area contributed by atoms with Gasteiger partial charge in [-0.1, -0.05) is 0 Å². The van der Waals surface area contributed by atoms with Crippen molar-refractivity contribution in [2.24, 2.45) is 0 Å². The average molecular weight is 285 g/mol. The van der Waals surface area contributed by atoms with E-state index in [2.05, 4.69) is 9.97 Å². The van der Waals surface area contributed by atoms with Crippen LogP contribution in [0.15, 0.2) is 36.7 Å². The van der Waals surface area contributed by atoms with E-state index in [1.807, 2.05) is 6.92 Å². The lowest BCUT2D eigenvalue weighted by Crippen LogP contribution is -2.10. The smallest absolute Gasteiger partial charge is 0.352 e. The van der Waals surface area contributed by atoms with Crippen LogP contribution in [0.4, 0.5) is 4.39 Å². The van der Waals surface area contributed by atoms with Gasteiger partial charge in [0.05, 0.1) is 24.1 Å². The fraction of sp³-hybridized carbons (Fsp3) is 0.133. The number of benzene rings is 1. The molecule has 3 rings (SSSR count). The van der Waals surface area contributed by atoms with Crippen LogP contribution in [0.5, 0.6) is 0 Å². The third-order valence-electron chi connectivity index (χ3n) is 3.21. The fourth-order valence-electron chi connectivity index (χ4n) is 2.34. The number of aromatic nitrogens is 3. The first kappa shape index (κ1) is 13.2. The highest BCUT2D eigenvalue weighted by Gasteiger charge is 2.15. The highest BCUT2D eigenvalue weighted by Crippen LogP contribution is 2.22. The molecule has 0 unspecified atom stereocenters. The Morgan fingerprint density at radius 1 is 1.33 bits per heavy atom. The van der Waals surface area contributed by atoms with Crippen LogP contribution >= 0.6 is 0 Å². The topological polar surface area (TPSA) is 68.0 Å². The number of fused-ring (bicyclic) bond motifs is 1. The summed E-state index contributed by atoms with van der Waals surface area (Å²) in [4.78, 5) is 19.8. The second-order valence-corrected chi connectivity index (χ2v) is 4.78. The second kappa shape index (κ2) is 4.97. The molecule has 0 spiro atoms. The summed E-state index contributed by atoms with van der Waals surface area (Å²) in [6.45, 7) is 2.09. The Hall–Kier alpha value is -2.76. The Morgan fingerprint density at radius 2 is 2.14 bits per heavy atom. The molecule has 21 heavy (non-hydrogen) atoms. The molecule has 106 valence electrons. The Labute approximate surface area is 119 Å². The van der Waals surface area contributed by atoms with E-state index >= 15 is 0 Å². The standard InChI is InChI=1S/C15H12FN3O2/c1-9-6-17-7-12(18-9)8-19-13-3-2-11(16)4-10(13)5-14(19)15(20)21/h2-7H,8H2,1H3,(H,20,21). The molecule has 0 saturated heterocycles. The van der Waals surface area contributed by atoms with Gasteiger partial charge >= 0.3 is 5.97 Å². The molecule has 2 aromatic heterocycles. The molecule has 5 nitrogen and oxygen atoms in total. The Kier molecular flexibility index (Phi) is 3.13. The minimum atomic E-state index is -1.06. The van der Waals surface area contributed by atoms with Crippen molar-refractivity contribution >= 4 is 16.9 Å². The van der Waals surface area contributed by atoms with E-state index in [9.17, 15) is 14.3 Å². The van der Waals surface area contributed by atoms with Gasteiger partial charge in [0.2, 0.25) is 0 Å². The number of carbonyl (C=O) groups is 1. The molecule has 0 bridgehead atoms. The first-order chi connectivity index (χ1) is 10.0. The van der Waals surface area contributed by atoms with Crippen molar-refractivity contribution in [3.8, 4) is 0 Å². The molecule has 0 aliphatic carbocycles. The zero-order chi connectivity index (χ0) is 15.0. The van der Waals surface area contributed by atoms with Gasteiger partial charge in [0.1, 0.15) is 11.5 Å². The molecular weight excluding hydrogens is 273 g/mol. The summed E-state index contributed by atoms with van der Waals surface area (Å²) >= 11 is 0. The summed E-state index contributed by atoms with van der Waals surface area (Å²) in [5.41, 5.74) is 2.15. The summed E-state index contributed by atoms with van der Waals surface area (Å²) in [6, 6.07) is 5.66. The van der Waals surface area contributed by atoms with Crippen LogP contribution in [0.1, 0.15) is 21.9 Å². The molecule has 0 amide bonds. The largest absolute Gasteiger partial charge is 0.477 e. The van der Waals surface area contributed by atoms with E-state index in [1.54, 1.807) is 23.0 Å². The normalized spacial score (nSPS) is 11.0. The first-order valence-electron chi connectivity index (χ1n) is 6.34. The number of rotatable bonds is 3. The van der Waals surface area contributed by atoms with Crippen LogP contribution in [0, 0.1) is 12.7 Å². The molecule has 1 N–H and O–H groups in total. The van der Waals surface area contributed by atoms with Gasteiger partial charge in [-0.05, 0) is 31.2 Å². The average Bonchev–Trinajstić information content (AvgIpc) is 2.77. The lowest BCUT2D eigenvalue weighted by Gasteiger charge is -2.08. The Balaban J connectivity index is 2.15. The van der Waals surface area contributed by atoms with E-state index < -0.39 is 11.8 Å². The number of aryl methyl sites for hydroxylation is 1. The van der Waals surface area contributed by atoms with Gasteiger partial charge in [0.15, 0.2) is 0 Å². The zero-order valence-corrected chi connectivity index (χ0v) is 11.2. The SMILES string of the molecule is Cc1cncc(Cn2c(C(=O)O)cc3cc(F)ccc32)n1. The second-order valence-electron chi connectivity index (χ2n) is 4.78. The molecule has 0 fully saturated rings. The Bertz CT molecular complexity index is 842. The summed E-state index contributed by atoms with van der Waals surface area (Å²) < 4.78 is 14.9. The van der Waals surface area contributed by atoms with E-state index in [1.165, 1.54) is 18.2 Å². The van der Waals surface area contributed by atoms with Crippen LogP contribution in [-0.4, -0.2) is 25.6 Å². The van der Waals surface area contributed by atoms with Gasteiger partial charge < -0.3 is 9.67 Å². The molecule has 3 aromatic rings. The van der Waals surface area contributed by atoms with Gasteiger partial charge in [-0.2, -0.15) is 0 Å². The molecule has 0 radical (unpaired) electrons. The van der Waals surface area contributed by atoms with E-state index in [0.717, 1.165) is 5.69 Å². The molecule has 0 saturated carbocycles. The third-order valence-corrected chi connectivity index (χ3v) is 3.21. The number of aromatic carboxylic acids is 1. The number of hydrogen-bond donors (Lipinski definition) is 1. The molecule has 0 atom stereocenters. The van der Waals surface area contributed by atoms with Crippen molar-refractivity contribution in [3.63, 3.8) is 0 Å². The number of carboxylic acids is 1. The van der Waals surface area contributed by atoms with Gasteiger partial charge in [-0.3, -0.25) is 9.97 Å². The van der Waals surface area contributed by atoms with Crippen LogP contribution in [0.3, 0.4) is 0 Å². The predicted molar refractivity (Wildman–Crippen MR) is 74.7 cm³/mol. The van der Waals surface area contributed by atoms with Crippen molar-refractivity contribution in [1.82, 2.24) is 14.5 Å². The summed E-state index contributed by atoms with van der Waals surface area (Å²) in [6.07, 6.45) is 3.22. The summed E-state index contributed by atoms with van der Waals surface area (Å²) in [5.74, 6) is -1.46. The van der Waals surface area contributed by atoms with Crippen LogP contribution in [0.25, 0.3) is 10.9 Å². The molecule has 2 heterocycles. The van der Waals surface area contributed by atoms with Gasteiger partial charge in [-0.15, -0.1) is 0 Å². The quantitative estimate of drug-likeness (QED) is 0.803. The number of nitrogens with zero attached hydrogens (tertiary/aromatic N) is 3. The zero-order valence-electron chi connectivity index (χ0n) is 11.2. The van der Waals surface area contributed by atoms with Crippen molar-refractivity contribution < 1.29 is 14.3 Å². The summed E-state index contributed by atoms with van der Waals surface area (Å²) in [7, 11) is 0. The number of halogens is 1. The molecule has 1 aromatic carbocycles. The fourth-order valence-corrected chi connectivity index (χ4v) is 2.34. The molecule has 0 aliphatic rings. The van der Waals surface area contributed by atoms with E-state index in [4.69, 9.17) is 0 Å². The van der Waals surface area contributed by atoms with E-state index in [0.29, 0.717) is 16.6 Å². The van der Waals surface area contributed by atoms with Crippen LogP contribution in [0.2, 0.25) is 0 Å². The maximum absolute atomic E-state index is 13.3. The van der Waals surface area contributed by atoms with Crippen molar-refractivity contribution in [1.29, 1.82) is 0 Å². The van der Waals surface area contributed by atoms with Gasteiger partial charge in [0.25, 0.3) is 0 Å². The first-order valence-corrected chi connectivity index (χ1v) is 6.34. The highest BCUT2D eigenvalue weighted by atomic mass is 19.1. The predicted octanol–water partition coefficient (Wildman–Crippen LogP) is 2.63. The minimum Gasteiger partial charge on any atom is -0.477 e. The number of hydrogen-bond acceptors (Lipinski definition) is 3. The Morgan fingerprint density at radius 3 is 2.86 bits per heavy atom. The number of carboxylic acid groups (broad SMARTS) is 1. The lowest BCUT2D eigenvalue weighted by molar-refractivity contribution is 0.0686. The van der Waals surface area contributed by atoms with Gasteiger partial charge in [0, 0.05) is 17.1 Å². The minimum absolute atomic E-state index is 0.0962. The lowest BCUT2D eigenvalue weighted by atomic mass is 10.2. The van der Waals surface area contributed by atoms with Crippen molar-refractivity contribution in [2.45, 2.75) is 13.5 Å². The maximum Gasteiger partial charge on any atom is 0.352 e. The third kappa shape index (κ3) is 2.47. The maximum atomic E-state index is 13.3. The van der Waals surface area contributed by atoms with Gasteiger partial charge in [-0.25, -0.2) is 9.18 Å². The van der Waals surface area contributed by atoms with Crippen LogP contribution in [-0.2, 0) is 6.54 Å². The van der Waals surface area contributed by atoms with Crippen LogP contribution < -0.4 is 0 Å². The molecule has 0 aliphatic heterocycles. The molecule has 6 heteroatoms. The monoisotopic (exact) mass is 285 g/mol. The highest BCUT2D eigenvalue weighted by molar-refractivity contribution is 5.94. The van der Waals surface area contributed by atoms with E-state index in [-0.39, 0.29) is 12.2 Å².